The summed E-state index contributed by atoms with van der Waals surface area (Å²) in [6, 6.07) is 7.89. The Morgan fingerprint density at radius 2 is 2.08 bits per heavy atom. The van der Waals surface area contributed by atoms with Gasteiger partial charge in [-0.2, -0.15) is 0 Å². The number of para-hydroxylation sites is 1. The zero-order valence-electron chi connectivity index (χ0n) is 14.2. The van der Waals surface area contributed by atoms with Crippen LogP contribution in [0.3, 0.4) is 0 Å². The fourth-order valence-electron chi connectivity index (χ4n) is 2.46. The predicted molar refractivity (Wildman–Crippen MR) is 107 cm³/mol. The van der Waals surface area contributed by atoms with Gasteiger partial charge in [0, 0.05) is 44.7 Å². The second kappa shape index (κ2) is 12.5. The van der Waals surface area contributed by atoms with Gasteiger partial charge in [-0.3, -0.25) is 4.99 Å². The Hall–Kier alpha value is -0.900. The summed E-state index contributed by atoms with van der Waals surface area (Å²) in [6.07, 6.45) is 3.18. The number of guanidine groups is 1. The third-order valence-electron chi connectivity index (χ3n) is 3.69. The Morgan fingerprint density at radius 1 is 1.33 bits per heavy atom. The molecule has 6 nitrogen and oxygen atoms in total. The van der Waals surface area contributed by atoms with E-state index >= 15 is 0 Å². The predicted octanol–water partition coefficient (Wildman–Crippen LogP) is 2.76. The quantitative estimate of drug-likeness (QED) is 0.276. The van der Waals surface area contributed by atoms with Gasteiger partial charge in [-0.05, 0) is 25.3 Å². The highest BCUT2D eigenvalue weighted by molar-refractivity contribution is 14.0. The van der Waals surface area contributed by atoms with Crippen molar-refractivity contribution in [2.24, 2.45) is 10.7 Å². The molecule has 136 valence electrons. The van der Waals surface area contributed by atoms with Crippen molar-refractivity contribution in [2.75, 3.05) is 38.8 Å². The zero-order chi connectivity index (χ0) is 16.3. The highest BCUT2D eigenvalue weighted by Crippen LogP contribution is 2.15. The van der Waals surface area contributed by atoms with Gasteiger partial charge in [0.25, 0.3) is 0 Å². The minimum absolute atomic E-state index is 0. The summed E-state index contributed by atoms with van der Waals surface area (Å²) in [5.41, 5.74) is 7.91. The number of ether oxygens (including phenoxy) is 3. The second-order valence-electron chi connectivity index (χ2n) is 5.52. The van der Waals surface area contributed by atoms with E-state index in [9.17, 15) is 0 Å². The summed E-state index contributed by atoms with van der Waals surface area (Å²) < 4.78 is 16.3. The van der Waals surface area contributed by atoms with Crippen LogP contribution in [-0.2, 0) is 20.8 Å². The van der Waals surface area contributed by atoms with Gasteiger partial charge in [-0.25, -0.2) is 0 Å². The lowest BCUT2D eigenvalue weighted by atomic mass is 10.1. The maximum atomic E-state index is 5.94. The van der Waals surface area contributed by atoms with Gasteiger partial charge < -0.3 is 25.3 Å². The van der Waals surface area contributed by atoms with Crippen LogP contribution in [0.4, 0.5) is 5.69 Å². The molecule has 3 N–H and O–H groups in total. The van der Waals surface area contributed by atoms with Gasteiger partial charge in [0.15, 0.2) is 5.96 Å². The van der Waals surface area contributed by atoms with Crippen molar-refractivity contribution in [1.82, 2.24) is 0 Å². The summed E-state index contributed by atoms with van der Waals surface area (Å²) in [6.45, 7) is 3.51. The molecule has 1 heterocycles. The maximum Gasteiger partial charge on any atom is 0.193 e. The number of hydrogen-bond acceptors (Lipinski definition) is 4. The average Bonchev–Trinajstić information content (AvgIpc) is 2.57. The summed E-state index contributed by atoms with van der Waals surface area (Å²) in [7, 11) is 1.67. The van der Waals surface area contributed by atoms with Crippen LogP contribution in [0.25, 0.3) is 0 Å². The van der Waals surface area contributed by atoms with E-state index < -0.39 is 0 Å². The van der Waals surface area contributed by atoms with Gasteiger partial charge >= 0.3 is 0 Å². The van der Waals surface area contributed by atoms with Crippen LogP contribution in [0.15, 0.2) is 29.3 Å². The molecule has 1 aromatic carbocycles. The number of hydrogen-bond donors (Lipinski definition) is 2. The first-order valence-electron chi connectivity index (χ1n) is 8.12. The molecule has 0 aromatic heterocycles. The van der Waals surface area contributed by atoms with E-state index in [1.165, 1.54) is 0 Å². The Bertz CT molecular complexity index is 494. The molecule has 1 aliphatic rings. The van der Waals surface area contributed by atoms with Crippen LogP contribution < -0.4 is 11.1 Å². The lowest BCUT2D eigenvalue weighted by Crippen LogP contribution is -2.25. The molecule has 1 fully saturated rings. The van der Waals surface area contributed by atoms with Crippen molar-refractivity contribution in [3.05, 3.63) is 29.8 Å². The first-order chi connectivity index (χ1) is 11.3. The van der Waals surface area contributed by atoms with Gasteiger partial charge in [0.1, 0.15) is 0 Å². The highest BCUT2D eigenvalue weighted by atomic mass is 127. The summed E-state index contributed by atoms with van der Waals surface area (Å²) in [4.78, 5) is 4.34. The van der Waals surface area contributed by atoms with Crippen LogP contribution in [0.5, 0.6) is 0 Å². The molecule has 0 atom stereocenters. The van der Waals surface area contributed by atoms with Crippen molar-refractivity contribution in [3.63, 3.8) is 0 Å². The van der Waals surface area contributed by atoms with E-state index in [0.29, 0.717) is 31.8 Å². The summed E-state index contributed by atoms with van der Waals surface area (Å²) in [5.74, 6) is 0.416. The summed E-state index contributed by atoms with van der Waals surface area (Å²) >= 11 is 0. The van der Waals surface area contributed by atoms with Crippen molar-refractivity contribution < 1.29 is 14.2 Å². The molecule has 7 heteroatoms. The Labute approximate surface area is 161 Å². The van der Waals surface area contributed by atoms with Gasteiger partial charge in [0.05, 0.1) is 12.7 Å². The molecule has 0 spiro atoms. The van der Waals surface area contributed by atoms with E-state index in [1.807, 2.05) is 24.3 Å². The number of halogens is 1. The molecular weight excluding hydrogens is 421 g/mol. The molecule has 1 aliphatic heterocycles. The number of benzene rings is 1. The van der Waals surface area contributed by atoms with E-state index in [1.54, 1.807) is 7.11 Å². The molecule has 0 amide bonds. The lowest BCUT2D eigenvalue weighted by Gasteiger charge is -2.22. The second-order valence-corrected chi connectivity index (χ2v) is 5.52. The third-order valence-corrected chi connectivity index (χ3v) is 3.69. The summed E-state index contributed by atoms with van der Waals surface area (Å²) in [5, 5.41) is 3.13. The molecule has 1 aromatic rings. The standard InChI is InChI=1S/C17H27N3O3.HI/c1-21-13-14-5-2-3-6-16(14)20-17(18)19-9-4-10-23-15-7-11-22-12-8-15;/h2-3,5-6,15H,4,7-13H2,1H3,(H3,18,19,20);1H. The minimum Gasteiger partial charge on any atom is -0.381 e. The smallest absolute Gasteiger partial charge is 0.193 e. The number of rotatable bonds is 8. The fourth-order valence-corrected chi connectivity index (χ4v) is 2.46. The molecule has 1 saturated heterocycles. The molecule has 24 heavy (non-hydrogen) atoms. The van der Waals surface area contributed by atoms with E-state index in [0.717, 1.165) is 43.7 Å². The molecule has 0 bridgehead atoms. The SMILES string of the molecule is COCc1ccccc1NC(N)=NCCCOC1CCOCC1.I. The number of nitrogens with zero attached hydrogens (tertiary/aromatic N) is 1. The number of methoxy groups -OCH3 is 1. The van der Waals surface area contributed by atoms with E-state index in [4.69, 9.17) is 19.9 Å². The largest absolute Gasteiger partial charge is 0.381 e. The minimum atomic E-state index is 0. The van der Waals surface area contributed by atoms with E-state index in [-0.39, 0.29) is 24.0 Å². The molecule has 2 rings (SSSR count). The first kappa shape index (κ1) is 21.1. The Kier molecular flexibility index (Phi) is 11.0. The highest BCUT2D eigenvalue weighted by Gasteiger charge is 2.13. The molecule has 0 aliphatic carbocycles. The van der Waals surface area contributed by atoms with Gasteiger partial charge in [-0.1, -0.05) is 18.2 Å². The number of aliphatic imine (C=N–C) groups is 1. The topological polar surface area (TPSA) is 78.1 Å². The molecular formula is C17H28IN3O3. The third kappa shape index (κ3) is 7.78. The normalized spacial score (nSPS) is 15.8. The van der Waals surface area contributed by atoms with Crippen LogP contribution in [-0.4, -0.2) is 45.5 Å². The Morgan fingerprint density at radius 3 is 2.83 bits per heavy atom. The maximum absolute atomic E-state index is 5.94. The first-order valence-corrected chi connectivity index (χ1v) is 8.12. The van der Waals surface area contributed by atoms with Crippen molar-refractivity contribution in [1.29, 1.82) is 0 Å². The molecule has 0 radical (unpaired) electrons. The zero-order valence-corrected chi connectivity index (χ0v) is 16.5. The van der Waals surface area contributed by atoms with Gasteiger partial charge in [0.2, 0.25) is 0 Å². The number of nitrogens with two attached hydrogens (primary N) is 1. The fraction of sp³-hybridized carbons (Fsp3) is 0.588. The van der Waals surface area contributed by atoms with Crippen molar-refractivity contribution in [2.45, 2.75) is 32.0 Å². The van der Waals surface area contributed by atoms with Crippen LogP contribution in [0.1, 0.15) is 24.8 Å². The monoisotopic (exact) mass is 449 g/mol. The van der Waals surface area contributed by atoms with Gasteiger partial charge in [-0.15, -0.1) is 24.0 Å². The number of nitrogens with one attached hydrogen (secondary N) is 1. The molecule has 0 unspecified atom stereocenters. The van der Waals surface area contributed by atoms with E-state index in [2.05, 4.69) is 10.3 Å². The number of anilines is 1. The average molecular weight is 449 g/mol. The van der Waals surface area contributed by atoms with Crippen LogP contribution in [0, 0.1) is 0 Å². The molecule has 0 saturated carbocycles. The lowest BCUT2D eigenvalue weighted by molar-refractivity contribution is -0.0318. The van der Waals surface area contributed by atoms with Crippen molar-refractivity contribution >= 4 is 35.6 Å². The van der Waals surface area contributed by atoms with Crippen molar-refractivity contribution in [3.8, 4) is 0 Å². The van der Waals surface area contributed by atoms with Crippen LogP contribution in [0.2, 0.25) is 0 Å². The Balaban J connectivity index is 0.00000288. The van der Waals surface area contributed by atoms with Crippen LogP contribution >= 0.6 is 24.0 Å².